The molecule has 7 nitrogen and oxygen atoms in total. The normalized spacial score (nSPS) is 17.8. The number of likely N-dealkylation sites (N-methyl/N-ethyl adjacent to an activating group) is 1. The van der Waals surface area contributed by atoms with Gasteiger partial charge < -0.3 is 24.4 Å². The molecule has 8 heteroatoms. The number of likely N-dealkylation sites (tertiary alicyclic amines) is 1. The van der Waals surface area contributed by atoms with Crippen LogP contribution in [0.2, 0.25) is 0 Å². The van der Waals surface area contributed by atoms with Gasteiger partial charge in [0.1, 0.15) is 17.3 Å². The van der Waals surface area contributed by atoms with Crippen molar-refractivity contribution in [3.05, 3.63) is 63.6 Å². The van der Waals surface area contributed by atoms with Gasteiger partial charge in [-0.25, -0.2) is 0 Å². The second-order valence-corrected chi connectivity index (χ2v) is 8.50. The van der Waals surface area contributed by atoms with Crippen LogP contribution in [0.15, 0.2) is 52.5 Å². The molecule has 1 N–H and O–H groups in total. The van der Waals surface area contributed by atoms with E-state index in [1.165, 1.54) is 4.90 Å². The fraction of sp³-hybridized carbons (Fsp3) is 0.333. The predicted molar refractivity (Wildman–Crippen MR) is 126 cm³/mol. The molecule has 1 atom stereocenters. The highest BCUT2D eigenvalue weighted by Gasteiger charge is 2.45. The van der Waals surface area contributed by atoms with Crippen LogP contribution in [0, 0.1) is 0 Å². The average molecular weight is 503 g/mol. The van der Waals surface area contributed by atoms with Crippen molar-refractivity contribution in [3.63, 3.8) is 0 Å². The van der Waals surface area contributed by atoms with Crippen LogP contribution < -0.4 is 9.47 Å². The molecule has 1 heterocycles. The smallest absolute Gasteiger partial charge is 0.295 e. The van der Waals surface area contributed by atoms with E-state index >= 15 is 0 Å². The Morgan fingerprint density at radius 2 is 1.84 bits per heavy atom. The van der Waals surface area contributed by atoms with Crippen molar-refractivity contribution in [1.82, 2.24) is 9.80 Å². The number of halogens is 1. The second-order valence-electron chi connectivity index (χ2n) is 7.65. The zero-order valence-corrected chi connectivity index (χ0v) is 20.2. The van der Waals surface area contributed by atoms with E-state index in [2.05, 4.69) is 15.9 Å². The summed E-state index contributed by atoms with van der Waals surface area (Å²) in [7, 11) is 5.34. The summed E-state index contributed by atoms with van der Waals surface area (Å²) in [5.74, 6) is -0.262. The minimum absolute atomic E-state index is 0.0648. The number of methoxy groups -OCH3 is 1. The number of rotatable bonds is 8. The number of carbonyl (C=O) groups is 2. The number of aliphatic hydroxyl groups is 1. The van der Waals surface area contributed by atoms with E-state index in [-0.39, 0.29) is 11.3 Å². The quantitative estimate of drug-likeness (QED) is 0.335. The van der Waals surface area contributed by atoms with E-state index in [4.69, 9.17) is 9.47 Å². The Kier molecular flexibility index (Phi) is 7.58. The number of aliphatic hydroxyl groups excluding tert-OH is 1. The fourth-order valence-corrected chi connectivity index (χ4v) is 4.19. The van der Waals surface area contributed by atoms with Crippen LogP contribution in [0.5, 0.6) is 11.5 Å². The zero-order chi connectivity index (χ0) is 23.4. The average Bonchev–Trinajstić information content (AvgIpc) is 3.02. The van der Waals surface area contributed by atoms with Crippen molar-refractivity contribution >= 4 is 33.4 Å². The summed E-state index contributed by atoms with van der Waals surface area (Å²) >= 11 is 3.41. The van der Waals surface area contributed by atoms with Gasteiger partial charge in [-0.1, -0.05) is 12.1 Å². The summed E-state index contributed by atoms with van der Waals surface area (Å²) in [4.78, 5) is 29.5. The van der Waals surface area contributed by atoms with Gasteiger partial charge in [-0.05, 0) is 72.8 Å². The van der Waals surface area contributed by atoms with Gasteiger partial charge in [0.05, 0.1) is 29.8 Å². The van der Waals surface area contributed by atoms with Crippen molar-refractivity contribution in [2.75, 3.05) is 40.9 Å². The second kappa shape index (κ2) is 10.2. The van der Waals surface area contributed by atoms with Crippen molar-refractivity contribution in [2.45, 2.75) is 13.0 Å². The molecule has 170 valence electrons. The number of hydrogen-bond donors (Lipinski definition) is 1. The lowest BCUT2D eigenvalue weighted by Crippen LogP contribution is -2.35. The molecule has 2 aromatic carbocycles. The highest BCUT2D eigenvalue weighted by molar-refractivity contribution is 9.10. The Labute approximate surface area is 196 Å². The lowest BCUT2D eigenvalue weighted by molar-refractivity contribution is -0.140. The highest BCUT2D eigenvalue weighted by atomic mass is 79.9. The van der Waals surface area contributed by atoms with Crippen LogP contribution in [-0.2, 0) is 9.59 Å². The Morgan fingerprint density at radius 1 is 1.16 bits per heavy atom. The number of carbonyl (C=O) groups excluding carboxylic acids is 2. The Morgan fingerprint density at radius 3 is 2.41 bits per heavy atom. The number of nitrogens with zero attached hydrogens (tertiary/aromatic N) is 2. The standard InChI is InChI=1S/C24H27BrN2O5/c1-5-32-17-9-6-15(7-10-17)21-20(23(29)24(30)27(21)13-12-26(2)3)22(28)16-8-11-19(31-4)18(25)14-16/h6-11,14,21,28H,5,12-13H2,1-4H3/b22-20-. The van der Waals surface area contributed by atoms with Crippen LogP contribution in [0.4, 0.5) is 0 Å². The maximum Gasteiger partial charge on any atom is 0.295 e. The highest BCUT2D eigenvalue weighted by Crippen LogP contribution is 2.40. The van der Waals surface area contributed by atoms with Gasteiger partial charge in [0.2, 0.25) is 0 Å². The molecule has 0 bridgehead atoms. The first kappa shape index (κ1) is 23.8. The lowest BCUT2D eigenvalue weighted by Gasteiger charge is -2.26. The molecule has 0 saturated carbocycles. The third kappa shape index (κ3) is 4.81. The van der Waals surface area contributed by atoms with Crippen molar-refractivity contribution in [3.8, 4) is 11.5 Å². The van der Waals surface area contributed by atoms with Crippen LogP contribution >= 0.6 is 15.9 Å². The van der Waals surface area contributed by atoms with Gasteiger partial charge in [0.25, 0.3) is 11.7 Å². The Hall–Kier alpha value is -2.84. The number of Topliss-reactive ketones (excluding diaryl/α,β-unsaturated/α-hetero) is 1. The minimum atomic E-state index is -0.702. The molecule has 1 aliphatic heterocycles. The number of amides is 1. The van der Waals surface area contributed by atoms with E-state index in [9.17, 15) is 14.7 Å². The molecular weight excluding hydrogens is 476 g/mol. The van der Waals surface area contributed by atoms with Crippen molar-refractivity contribution < 1.29 is 24.2 Å². The van der Waals surface area contributed by atoms with Gasteiger partial charge in [0, 0.05) is 18.7 Å². The summed E-state index contributed by atoms with van der Waals surface area (Å²) in [6.07, 6.45) is 0. The predicted octanol–water partition coefficient (Wildman–Crippen LogP) is 3.84. The third-order valence-corrected chi connectivity index (χ3v) is 5.88. The topological polar surface area (TPSA) is 79.3 Å². The monoisotopic (exact) mass is 502 g/mol. The molecule has 3 rings (SSSR count). The largest absolute Gasteiger partial charge is 0.507 e. The van der Waals surface area contributed by atoms with E-state index < -0.39 is 17.7 Å². The van der Waals surface area contributed by atoms with Gasteiger partial charge in [0.15, 0.2) is 0 Å². The molecule has 0 aliphatic carbocycles. The first-order valence-electron chi connectivity index (χ1n) is 10.3. The molecule has 1 saturated heterocycles. The van der Waals surface area contributed by atoms with E-state index in [0.29, 0.717) is 41.2 Å². The number of benzene rings is 2. The number of ether oxygens (including phenoxy) is 2. The van der Waals surface area contributed by atoms with Gasteiger partial charge in [-0.2, -0.15) is 0 Å². The van der Waals surface area contributed by atoms with E-state index in [1.54, 1.807) is 37.4 Å². The summed E-state index contributed by atoms with van der Waals surface area (Å²) in [6, 6.07) is 11.5. The van der Waals surface area contributed by atoms with Gasteiger partial charge in [-0.3, -0.25) is 9.59 Å². The maximum atomic E-state index is 13.1. The van der Waals surface area contributed by atoms with E-state index in [0.717, 1.165) is 5.56 Å². The molecule has 1 fully saturated rings. The minimum Gasteiger partial charge on any atom is -0.507 e. The molecule has 0 radical (unpaired) electrons. The fourth-order valence-electron chi connectivity index (χ4n) is 3.65. The van der Waals surface area contributed by atoms with Gasteiger partial charge in [-0.15, -0.1) is 0 Å². The van der Waals surface area contributed by atoms with Crippen LogP contribution in [0.25, 0.3) is 5.76 Å². The molecule has 2 aromatic rings. The maximum absolute atomic E-state index is 13.1. The molecule has 1 amide bonds. The van der Waals surface area contributed by atoms with Crippen molar-refractivity contribution in [2.24, 2.45) is 0 Å². The lowest BCUT2D eigenvalue weighted by atomic mass is 9.95. The first-order chi connectivity index (χ1) is 15.3. The zero-order valence-electron chi connectivity index (χ0n) is 18.6. The number of ketones is 1. The summed E-state index contributed by atoms with van der Waals surface area (Å²) in [5, 5.41) is 11.1. The molecule has 32 heavy (non-hydrogen) atoms. The SMILES string of the molecule is CCOc1ccc(C2/C(=C(/O)c3ccc(OC)c(Br)c3)C(=O)C(=O)N2CCN(C)C)cc1. The third-order valence-electron chi connectivity index (χ3n) is 5.26. The van der Waals surface area contributed by atoms with Gasteiger partial charge >= 0.3 is 0 Å². The van der Waals surface area contributed by atoms with Crippen molar-refractivity contribution in [1.29, 1.82) is 0 Å². The molecule has 0 spiro atoms. The van der Waals surface area contributed by atoms with E-state index in [1.807, 2.05) is 38.1 Å². The summed E-state index contributed by atoms with van der Waals surface area (Å²) in [6.45, 7) is 3.36. The number of hydrogen-bond acceptors (Lipinski definition) is 6. The Balaban J connectivity index is 2.12. The summed E-state index contributed by atoms with van der Waals surface area (Å²) < 4.78 is 11.4. The molecule has 1 unspecified atom stereocenters. The molecule has 0 aromatic heterocycles. The Bertz CT molecular complexity index is 1030. The summed E-state index contributed by atoms with van der Waals surface area (Å²) in [5.41, 5.74) is 1.20. The molecular formula is C24H27BrN2O5. The van der Waals surface area contributed by atoms with Crippen LogP contribution in [-0.4, -0.2) is 67.5 Å². The van der Waals surface area contributed by atoms with Crippen LogP contribution in [0.1, 0.15) is 24.1 Å². The first-order valence-corrected chi connectivity index (χ1v) is 11.1. The van der Waals surface area contributed by atoms with Crippen LogP contribution in [0.3, 0.4) is 0 Å². The molecule has 1 aliphatic rings.